The molecule has 3 nitrogen and oxygen atoms in total. The van der Waals surface area contributed by atoms with Crippen LogP contribution in [0.1, 0.15) is 5.01 Å². The Kier molecular flexibility index (Phi) is 2.47. The van der Waals surface area contributed by atoms with Crippen molar-refractivity contribution < 1.29 is 8.42 Å². The zero-order valence-corrected chi connectivity index (χ0v) is 9.36. The number of aromatic nitrogens is 1. The normalized spacial score (nSPS) is 12.1. The van der Waals surface area contributed by atoms with Gasteiger partial charge in [0.2, 0.25) is 9.05 Å². The summed E-state index contributed by atoms with van der Waals surface area (Å²) in [5, 5.41) is 0.529. The third kappa shape index (κ3) is 2.23. The minimum absolute atomic E-state index is 0.200. The van der Waals surface area contributed by atoms with Crippen LogP contribution in [0, 0.1) is 0 Å². The molecule has 1 heterocycles. The van der Waals surface area contributed by atoms with Crippen LogP contribution in [-0.4, -0.2) is 13.4 Å². The number of benzene rings is 1. The van der Waals surface area contributed by atoms with E-state index in [9.17, 15) is 8.42 Å². The molecule has 2 aromatic rings. The molecule has 1 aromatic carbocycles. The number of thiazole rings is 1. The van der Waals surface area contributed by atoms with E-state index in [1.807, 2.05) is 24.3 Å². The Hall–Kier alpha value is -0.650. The molecular formula is C8H6ClNO2S2. The molecule has 1 aromatic heterocycles. The van der Waals surface area contributed by atoms with Crippen molar-refractivity contribution in [3.05, 3.63) is 29.3 Å². The van der Waals surface area contributed by atoms with Gasteiger partial charge in [-0.15, -0.1) is 11.3 Å². The van der Waals surface area contributed by atoms with Crippen molar-refractivity contribution in [2.75, 3.05) is 0 Å². The van der Waals surface area contributed by atoms with Crippen LogP contribution >= 0.6 is 22.0 Å². The Morgan fingerprint density at radius 3 is 2.71 bits per heavy atom. The van der Waals surface area contributed by atoms with Gasteiger partial charge < -0.3 is 0 Å². The molecule has 74 valence electrons. The Bertz CT molecular complexity index is 528. The van der Waals surface area contributed by atoms with Crippen LogP contribution in [0.5, 0.6) is 0 Å². The van der Waals surface area contributed by atoms with Crippen LogP contribution in [0.2, 0.25) is 0 Å². The number of fused-ring (bicyclic) bond motifs is 1. The molecule has 0 atom stereocenters. The highest BCUT2D eigenvalue weighted by Crippen LogP contribution is 2.23. The summed E-state index contributed by atoms with van der Waals surface area (Å²) < 4.78 is 22.6. The van der Waals surface area contributed by atoms with Gasteiger partial charge in [-0.1, -0.05) is 12.1 Å². The van der Waals surface area contributed by atoms with Crippen molar-refractivity contribution in [1.82, 2.24) is 4.98 Å². The zero-order chi connectivity index (χ0) is 10.2. The van der Waals surface area contributed by atoms with Crippen molar-refractivity contribution in [3.8, 4) is 0 Å². The molecule has 0 aliphatic carbocycles. The summed E-state index contributed by atoms with van der Waals surface area (Å²) in [7, 11) is 1.63. The average Bonchev–Trinajstić information content (AvgIpc) is 2.42. The maximum atomic E-state index is 10.8. The Morgan fingerprint density at radius 1 is 1.36 bits per heavy atom. The summed E-state index contributed by atoms with van der Waals surface area (Å²) in [6.07, 6.45) is 0. The Balaban J connectivity index is 2.46. The highest BCUT2D eigenvalue weighted by molar-refractivity contribution is 8.13. The molecule has 2 rings (SSSR count). The summed E-state index contributed by atoms with van der Waals surface area (Å²) in [6, 6.07) is 7.49. The van der Waals surface area contributed by atoms with E-state index in [2.05, 4.69) is 4.98 Å². The van der Waals surface area contributed by atoms with Crippen LogP contribution in [0.15, 0.2) is 24.3 Å². The highest BCUT2D eigenvalue weighted by atomic mass is 35.7. The van der Waals surface area contributed by atoms with Crippen LogP contribution in [-0.2, 0) is 14.8 Å². The van der Waals surface area contributed by atoms with Crippen molar-refractivity contribution in [3.63, 3.8) is 0 Å². The molecule has 0 aliphatic heterocycles. The molecule has 0 amide bonds. The number of rotatable bonds is 2. The summed E-state index contributed by atoms with van der Waals surface area (Å²) in [5.74, 6) is -0.200. The van der Waals surface area contributed by atoms with Gasteiger partial charge in [-0.25, -0.2) is 13.4 Å². The van der Waals surface area contributed by atoms with Gasteiger partial charge in [-0.2, -0.15) is 0 Å². The monoisotopic (exact) mass is 247 g/mol. The van der Waals surface area contributed by atoms with E-state index in [1.165, 1.54) is 11.3 Å². The smallest absolute Gasteiger partial charge is 0.239 e. The van der Waals surface area contributed by atoms with Crippen LogP contribution in [0.4, 0.5) is 0 Å². The second kappa shape index (κ2) is 3.49. The van der Waals surface area contributed by atoms with E-state index in [1.54, 1.807) is 0 Å². The summed E-state index contributed by atoms with van der Waals surface area (Å²) >= 11 is 1.35. The fraction of sp³-hybridized carbons (Fsp3) is 0.125. The van der Waals surface area contributed by atoms with Gasteiger partial charge in [0.15, 0.2) is 0 Å². The number of para-hydroxylation sites is 1. The summed E-state index contributed by atoms with van der Waals surface area (Å²) in [4.78, 5) is 4.15. The first-order chi connectivity index (χ1) is 6.54. The van der Waals surface area contributed by atoms with Crippen molar-refractivity contribution in [2.45, 2.75) is 5.75 Å². The molecule has 0 unspecified atom stereocenters. The topological polar surface area (TPSA) is 47.0 Å². The maximum absolute atomic E-state index is 10.8. The first kappa shape index (κ1) is 9.89. The molecule has 0 spiro atoms. The van der Waals surface area contributed by atoms with Gasteiger partial charge in [0, 0.05) is 10.7 Å². The quantitative estimate of drug-likeness (QED) is 0.766. The molecule has 0 saturated heterocycles. The van der Waals surface area contributed by atoms with E-state index in [0.29, 0.717) is 5.01 Å². The number of hydrogen-bond donors (Lipinski definition) is 0. The first-order valence-corrected chi connectivity index (χ1v) is 7.11. The lowest BCUT2D eigenvalue weighted by Gasteiger charge is -1.87. The molecule has 0 aliphatic rings. The van der Waals surface area contributed by atoms with Gasteiger partial charge in [-0.05, 0) is 12.1 Å². The fourth-order valence-electron chi connectivity index (χ4n) is 1.13. The standard InChI is InChI=1S/C8H6ClNO2S2/c9-14(11,12)5-8-10-6-3-1-2-4-7(6)13-8/h1-4H,5H2. The minimum atomic E-state index is -3.50. The van der Waals surface area contributed by atoms with E-state index >= 15 is 0 Å². The molecule has 14 heavy (non-hydrogen) atoms. The zero-order valence-electron chi connectivity index (χ0n) is 6.97. The summed E-state index contributed by atoms with van der Waals surface area (Å²) in [5.41, 5.74) is 0.813. The van der Waals surface area contributed by atoms with Gasteiger partial charge in [0.05, 0.1) is 10.2 Å². The van der Waals surface area contributed by atoms with Crippen molar-refractivity contribution in [2.24, 2.45) is 0 Å². The second-order valence-electron chi connectivity index (χ2n) is 2.76. The van der Waals surface area contributed by atoms with Crippen molar-refractivity contribution in [1.29, 1.82) is 0 Å². The minimum Gasteiger partial charge on any atom is -0.240 e. The van der Waals surface area contributed by atoms with Crippen molar-refractivity contribution >= 4 is 41.3 Å². The lowest BCUT2D eigenvalue weighted by atomic mass is 10.3. The van der Waals surface area contributed by atoms with Gasteiger partial charge in [0.25, 0.3) is 0 Å². The van der Waals surface area contributed by atoms with E-state index < -0.39 is 9.05 Å². The average molecular weight is 248 g/mol. The Morgan fingerprint density at radius 2 is 2.07 bits per heavy atom. The summed E-state index contributed by atoms with van der Waals surface area (Å²) in [6.45, 7) is 0. The highest BCUT2D eigenvalue weighted by Gasteiger charge is 2.11. The predicted molar refractivity (Wildman–Crippen MR) is 58.1 cm³/mol. The second-order valence-corrected chi connectivity index (χ2v) is 6.65. The molecule has 0 N–H and O–H groups in total. The fourth-order valence-corrected chi connectivity index (χ4v) is 3.46. The van der Waals surface area contributed by atoms with Crippen LogP contribution in [0.3, 0.4) is 0 Å². The largest absolute Gasteiger partial charge is 0.240 e. The lowest BCUT2D eigenvalue weighted by Crippen LogP contribution is -1.93. The van der Waals surface area contributed by atoms with Gasteiger partial charge in [-0.3, -0.25) is 0 Å². The SMILES string of the molecule is O=S(=O)(Cl)Cc1nc2ccccc2s1. The molecule has 0 radical (unpaired) electrons. The molecule has 0 saturated carbocycles. The first-order valence-electron chi connectivity index (χ1n) is 3.81. The third-order valence-corrected chi connectivity index (χ3v) is 3.80. The van der Waals surface area contributed by atoms with E-state index in [-0.39, 0.29) is 5.75 Å². The number of hydrogen-bond acceptors (Lipinski definition) is 4. The van der Waals surface area contributed by atoms with Crippen LogP contribution < -0.4 is 0 Å². The number of nitrogens with zero attached hydrogens (tertiary/aromatic N) is 1. The van der Waals surface area contributed by atoms with Crippen LogP contribution in [0.25, 0.3) is 10.2 Å². The molecule has 0 bridgehead atoms. The Labute approximate surface area is 89.8 Å². The van der Waals surface area contributed by atoms with E-state index in [4.69, 9.17) is 10.7 Å². The molecule has 0 fully saturated rings. The number of halogens is 1. The third-order valence-electron chi connectivity index (χ3n) is 1.63. The van der Waals surface area contributed by atoms with Gasteiger partial charge >= 0.3 is 0 Å². The molecular weight excluding hydrogens is 242 g/mol. The van der Waals surface area contributed by atoms with E-state index in [0.717, 1.165) is 10.2 Å². The molecule has 6 heteroatoms. The maximum Gasteiger partial charge on any atom is 0.239 e. The predicted octanol–water partition coefficient (Wildman–Crippen LogP) is 2.36. The van der Waals surface area contributed by atoms with Gasteiger partial charge in [0.1, 0.15) is 10.8 Å². The lowest BCUT2D eigenvalue weighted by molar-refractivity contribution is 0.609.